The van der Waals surface area contributed by atoms with Crippen LogP contribution in [0.25, 0.3) is 0 Å². The molecule has 1 aliphatic heterocycles. The van der Waals surface area contributed by atoms with Crippen LogP contribution in [0.1, 0.15) is 47.5 Å². The van der Waals surface area contributed by atoms with Crippen molar-refractivity contribution >= 4 is 17.7 Å². The lowest BCUT2D eigenvalue weighted by Gasteiger charge is -2.24. The van der Waals surface area contributed by atoms with Crippen LogP contribution < -0.4 is 0 Å². The van der Waals surface area contributed by atoms with Crippen LogP contribution in [0.2, 0.25) is 0 Å². The lowest BCUT2D eigenvalue weighted by atomic mass is 10.1. The Labute approximate surface area is 131 Å². The quantitative estimate of drug-likeness (QED) is 0.836. The maximum absolute atomic E-state index is 11.9. The van der Waals surface area contributed by atoms with Crippen LogP contribution in [0.3, 0.4) is 0 Å². The van der Waals surface area contributed by atoms with E-state index in [1.165, 1.54) is 9.91 Å². The van der Waals surface area contributed by atoms with Crippen LogP contribution in [0.4, 0.5) is 4.79 Å². The highest BCUT2D eigenvalue weighted by atomic mass is 16.6. The second kappa shape index (κ2) is 6.64. The van der Waals surface area contributed by atoms with Gasteiger partial charge in [0.1, 0.15) is 5.60 Å². The Morgan fingerprint density at radius 2 is 1.95 bits per heavy atom. The molecule has 0 bridgehead atoms. The van der Waals surface area contributed by atoms with E-state index in [0.717, 1.165) is 0 Å². The molecular weight excluding hydrogens is 286 g/mol. The molecule has 0 fully saturated rings. The van der Waals surface area contributed by atoms with E-state index < -0.39 is 17.3 Å². The number of hydrazone groups is 1. The molecule has 0 aromatic heterocycles. The van der Waals surface area contributed by atoms with Gasteiger partial charge < -0.3 is 14.7 Å². The van der Waals surface area contributed by atoms with Crippen molar-refractivity contribution in [3.8, 4) is 0 Å². The first-order valence-electron chi connectivity index (χ1n) is 7.40. The smallest absolute Gasteiger partial charge is 0.410 e. The van der Waals surface area contributed by atoms with Gasteiger partial charge in [0.25, 0.3) is 0 Å². The lowest BCUT2D eigenvalue weighted by molar-refractivity contribution is -0.129. The number of amides is 2. The summed E-state index contributed by atoms with van der Waals surface area (Å²) >= 11 is 0. The van der Waals surface area contributed by atoms with Gasteiger partial charge in [0, 0.05) is 13.6 Å². The van der Waals surface area contributed by atoms with Crippen molar-refractivity contribution in [2.24, 2.45) is 5.10 Å². The molecule has 0 spiro atoms. The minimum atomic E-state index is -0.841. The number of hydrogen-bond acceptors (Lipinski definition) is 5. The first-order valence-corrected chi connectivity index (χ1v) is 7.40. The van der Waals surface area contributed by atoms with Gasteiger partial charge >= 0.3 is 6.09 Å². The third-order valence-corrected chi connectivity index (χ3v) is 2.97. The first kappa shape index (κ1) is 18.4. The molecule has 1 rings (SSSR count). The zero-order valence-corrected chi connectivity index (χ0v) is 14.3. The van der Waals surface area contributed by atoms with Crippen LogP contribution in [-0.2, 0) is 9.53 Å². The Morgan fingerprint density at radius 1 is 1.36 bits per heavy atom. The summed E-state index contributed by atoms with van der Waals surface area (Å²) in [6, 6.07) is 0. The zero-order valence-electron chi connectivity index (χ0n) is 14.3. The average molecular weight is 313 g/mol. The topological polar surface area (TPSA) is 82.4 Å². The molecule has 7 heteroatoms. The predicted molar refractivity (Wildman–Crippen MR) is 83.5 cm³/mol. The molecule has 7 nitrogen and oxygen atoms in total. The second-order valence-corrected chi connectivity index (χ2v) is 7.26. The molecule has 0 unspecified atom stereocenters. The monoisotopic (exact) mass is 313 g/mol. The molecule has 0 aliphatic carbocycles. The highest BCUT2D eigenvalue weighted by molar-refractivity contribution is 6.06. The van der Waals surface area contributed by atoms with E-state index in [1.54, 1.807) is 41.7 Å². The van der Waals surface area contributed by atoms with Gasteiger partial charge in [-0.25, -0.2) is 9.80 Å². The molecule has 0 saturated carbocycles. The van der Waals surface area contributed by atoms with Crippen LogP contribution in [0.5, 0.6) is 0 Å². The SMILES string of the molecule is CN(CC1=NN(CCC(C)(C)O)C(=O)C1)C(=O)OC(C)(C)C. The van der Waals surface area contributed by atoms with Crippen molar-refractivity contribution in [3.63, 3.8) is 0 Å². The molecule has 126 valence electrons. The highest BCUT2D eigenvalue weighted by Crippen LogP contribution is 2.15. The van der Waals surface area contributed by atoms with E-state index in [2.05, 4.69) is 5.10 Å². The van der Waals surface area contributed by atoms with Crippen molar-refractivity contribution < 1.29 is 19.4 Å². The molecule has 0 saturated heterocycles. The number of ether oxygens (including phenoxy) is 1. The standard InChI is InChI=1S/C15H27N3O4/c1-14(2,3)22-13(20)17(6)10-11-9-12(19)18(16-11)8-7-15(4,5)21/h21H,7-10H2,1-6H3. The predicted octanol–water partition coefficient (Wildman–Crippen LogP) is 1.60. The van der Waals surface area contributed by atoms with E-state index in [-0.39, 0.29) is 18.9 Å². The van der Waals surface area contributed by atoms with Crippen molar-refractivity contribution in [2.45, 2.75) is 58.7 Å². The summed E-state index contributed by atoms with van der Waals surface area (Å²) in [4.78, 5) is 25.2. The number of hydrogen-bond donors (Lipinski definition) is 1. The molecule has 0 aromatic carbocycles. The fourth-order valence-electron chi connectivity index (χ4n) is 1.85. The molecular formula is C15H27N3O4. The van der Waals surface area contributed by atoms with E-state index in [4.69, 9.17) is 4.74 Å². The molecule has 0 atom stereocenters. The number of carbonyl (C=O) groups excluding carboxylic acids is 2. The Hall–Kier alpha value is -1.63. The molecule has 1 heterocycles. The van der Waals surface area contributed by atoms with Crippen molar-refractivity contribution in [1.82, 2.24) is 9.91 Å². The Morgan fingerprint density at radius 3 is 2.45 bits per heavy atom. The summed E-state index contributed by atoms with van der Waals surface area (Å²) < 4.78 is 5.26. The van der Waals surface area contributed by atoms with Gasteiger partial charge in [-0.2, -0.15) is 5.10 Å². The zero-order chi connectivity index (χ0) is 17.1. The van der Waals surface area contributed by atoms with Crippen LogP contribution in [0, 0.1) is 0 Å². The average Bonchev–Trinajstić information content (AvgIpc) is 2.63. The Bertz CT molecular complexity index is 460. The van der Waals surface area contributed by atoms with Crippen LogP contribution in [-0.4, -0.2) is 64.1 Å². The van der Waals surface area contributed by atoms with E-state index >= 15 is 0 Å². The molecule has 1 aliphatic rings. The van der Waals surface area contributed by atoms with E-state index in [1.807, 2.05) is 0 Å². The van der Waals surface area contributed by atoms with Gasteiger partial charge in [-0.3, -0.25) is 4.79 Å². The van der Waals surface area contributed by atoms with Gasteiger partial charge in [-0.1, -0.05) is 0 Å². The lowest BCUT2D eigenvalue weighted by Crippen LogP contribution is -2.37. The molecule has 0 radical (unpaired) electrons. The van der Waals surface area contributed by atoms with Crippen LogP contribution in [0.15, 0.2) is 5.10 Å². The Balaban J connectivity index is 2.56. The van der Waals surface area contributed by atoms with Gasteiger partial charge in [0.15, 0.2) is 0 Å². The van der Waals surface area contributed by atoms with E-state index in [9.17, 15) is 14.7 Å². The fourth-order valence-corrected chi connectivity index (χ4v) is 1.85. The van der Waals surface area contributed by atoms with Crippen molar-refractivity contribution in [2.75, 3.05) is 20.1 Å². The summed E-state index contributed by atoms with van der Waals surface area (Å²) in [6.07, 6.45) is 0.189. The second-order valence-electron chi connectivity index (χ2n) is 7.26. The molecule has 0 aromatic rings. The third kappa shape index (κ3) is 6.43. The number of aliphatic hydroxyl groups is 1. The minimum Gasteiger partial charge on any atom is -0.444 e. The summed E-state index contributed by atoms with van der Waals surface area (Å²) in [5, 5.41) is 15.3. The summed E-state index contributed by atoms with van der Waals surface area (Å²) in [7, 11) is 1.61. The highest BCUT2D eigenvalue weighted by Gasteiger charge is 2.28. The maximum Gasteiger partial charge on any atom is 0.410 e. The van der Waals surface area contributed by atoms with Gasteiger partial charge in [-0.15, -0.1) is 0 Å². The fraction of sp³-hybridized carbons (Fsp3) is 0.800. The van der Waals surface area contributed by atoms with Crippen molar-refractivity contribution in [1.29, 1.82) is 0 Å². The van der Waals surface area contributed by atoms with Gasteiger partial charge in [-0.05, 0) is 41.0 Å². The number of nitrogens with zero attached hydrogens (tertiary/aromatic N) is 3. The molecule has 2 amide bonds. The third-order valence-electron chi connectivity index (χ3n) is 2.97. The summed E-state index contributed by atoms with van der Waals surface area (Å²) in [5.74, 6) is -0.114. The van der Waals surface area contributed by atoms with Gasteiger partial charge in [0.05, 0.1) is 24.3 Å². The van der Waals surface area contributed by atoms with Crippen molar-refractivity contribution in [3.05, 3.63) is 0 Å². The normalized spacial score (nSPS) is 15.9. The summed E-state index contributed by atoms with van der Waals surface area (Å²) in [6.45, 7) is 9.39. The minimum absolute atomic E-state index is 0.114. The molecule has 22 heavy (non-hydrogen) atoms. The molecule has 1 N–H and O–H groups in total. The summed E-state index contributed by atoms with van der Waals surface area (Å²) in [5.41, 5.74) is -0.780. The van der Waals surface area contributed by atoms with Gasteiger partial charge in [0.2, 0.25) is 5.91 Å². The van der Waals surface area contributed by atoms with Crippen LogP contribution >= 0.6 is 0 Å². The Kier molecular flexibility index (Phi) is 5.56. The number of rotatable bonds is 5. The van der Waals surface area contributed by atoms with E-state index in [0.29, 0.717) is 18.7 Å². The first-order chi connectivity index (χ1) is 9.87. The number of carbonyl (C=O) groups is 2. The largest absolute Gasteiger partial charge is 0.444 e. The maximum atomic E-state index is 11.9.